The fraction of sp³-hybridized carbons (Fsp3) is 0.179. The highest BCUT2D eigenvalue weighted by atomic mass is 127. The average molecular weight is 595 g/mol. The minimum Gasteiger partial charge on any atom is -0.490 e. The van der Waals surface area contributed by atoms with Gasteiger partial charge in [0.2, 0.25) is 0 Å². The summed E-state index contributed by atoms with van der Waals surface area (Å²) in [6.07, 6.45) is 1.49. The minimum absolute atomic E-state index is 0.0555. The van der Waals surface area contributed by atoms with Crippen LogP contribution >= 0.6 is 22.6 Å². The van der Waals surface area contributed by atoms with Gasteiger partial charge in [-0.2, -0.15) is 5.26 Å². The molecular formula is C28H26IN3O4. The lowest BCUT2D eigenvalue weighted by Crippen LogP contribution is -2.21. The van der Waals surface area contributed by atoms with Gasteiger partial charge in [-0.25, -0.2) is 0 Å². The van der Waals surface area contributed by atoms with Crippen molar-refractivity contribution < 1.29 is 19.1 Å². The Labute approximate surface area is 224 Å². The number of nitrogens with one attached hydrogen (secondary N) is 2. The molecule has 0 atom stereocenters. The molecule has 184 valence electrons. The van der Waals surface area contributed by atoms with Gasteiger partial charge in [0, 0.05) is 11.4 Å². The highest BCUT2D eigenvalue weighted by molar-refractivity contribution is 14.1. The van der Waals surface area contributed by atoms with Crippen molar-refractivity contribution in [2.45, 2.75) is 20.8 Å². The molecule has 0 fully saturated rings. The quantitative estimate of drug-likeness (QED) is 0.183. The average Bonchev–Trinajstić information content (AvgIpc) is 2.85. The zero-order valence-electron chi connectivity index (χ0n) is 20.2. The summed E-state index contributed by atoms with van der Waals surface area (Å²) in [6, 6.07) is 20.2. The van der Waals surface area contributed by atoms with Crippen molar-refractivity contribution >= 4 is 51.9 Å². The van der Waals surface area contributed by atoms with E-state index in [1.165, 1.54) is 6.08 Å². The van der Waals surface area contributed by atoms with Crippen LogP contribution in [0.25, 0.3) is 6.08 Å². The lowest BCUT2D eigenvalue weighted by Gasteiger charge is -2.15. The van der Waals surface area contributed by atoms with E-state index in [1.807, 2.05) is 63.2 Å². The van der Waals surface area contributed by atoms with Gasteiger partial charge >= 0.3 is 0 Å². The van der Waals surface area contributed by atoms with E-state index in [1.54, 1.807) is 24.3 Å². The Morgan fingerprint density at radius 3 is 2.42 bits per heavy atom. The molecule has 0 radical (unpaired) electrons. The van der Waals surface area contributed by atoms with Crippen molar-refractivity contribution in [3.63, 3.8) is 0 Å². The number of carbonyl (C=O) groups excluding carboxylic acids is 2. The number of aryl methyl sites for hydroxylation is 2. The second-order valence-electron chi connectivity index (χ2n) is 7.90. The Hall–Kier alpha value is -3.84. The van der Waals surface area contributed by atoms with E-state index in [4.69, 9.17) is 9.47 Å². The van der Waals surface area contributed by atoms with Crippen LogP contribution in [0.4, 0.5) is 11.4 Å². The second kappa shape index (κ2) is 12.7. The van der Waals surface area contributed by atoms with E-state index >= 15 is 0 Å². The van der Waals surface area contributed by atoms with Crippen LogP contribution in [-0.2, 0) is 9.59 Å². The Bertz CT molecular complexity index is 1330. The molecule has 0 aromatic heterocycles. The van der Waals surface area contributed by atoms with Gasteiger partial charge in [-0.3, -0.25) is 9.59 Å². The first-order valence-electron chi connectivity index (χ1n) is 11.2. The first kappa shape index (κ1) is 26.8. The van der Waals surface area contributed by atoms with Crippen LogP contribution in [0, 0.1) is 28.7 Å². The molecule has 3 aromatic rings. The molecule has 7 nitrogen and oxygen atoms in total. The molecule has 3 rings (SSSR count). The normalized spacial score (nSPS) is 10.8. The van der Waals surface area contributed by atoms with Crippen LogP contribution in [0.15, 0.2) is 66.2 Å². The van der Waals surface area contributed by atoms with Crippen LogP contribution < -0.4 is 20.1 Å². The number of rotatable bonds is 9. The lowest BCUT2D eigenvalue weighted by molar-refractivity contribution is -0.118. The van der Waals surface area contributed by atoms with Crippen molar-refractivity contribution in [1.82, 2.24) is 0 Å². The Balaban J connectivity index is 1.77. The van der Waals surface area contributed by atoms with Gasteiger partial charge < -0.3 is 20.1 Å². The van der Waals surface area contributed by atoms with E-state index in [-0.39, 0.29) is 18.1 Å². The van der Waals surface area contributed by atoms with Gasteiger partial charge in [-0.15, -0.1) is 0 Å². The molecule has 0 bridgehead atoms. The van der Waals surface area contributed by atoms with Crippen LogP contribution in [0.1, 0.15) is 23.6 Å². The first-order valence-corrected chi connectivity index (χ1v) is 12.3. The molecule has 0 aliphatic rings. The molecule has 36 heavy (non-hydrogen) atoms. The first-order chi connectivity index (χ1) is 17.3. The van der Waals surface area contributed by atoms with Gasteiger partial charge in [-0.05, 0) is 90.9 Å². The fourth-order valence-electron chi connectivity index (χ4n) is 3.26. The summed E-state index contributed by atoms with van der Waals surface area (Å²) >= 11 is 2.08. The number of para-hydroxylation sites is 1. The summed E-state index contributed by atoms with van der Waals surface area (Å²) in [7, 11) is 0. The maximum absolute atomic E-state index is 12.6. The highest BCUT2D eigenvalue weighted by Gasteiger charge is 2.16. The van der Waals surface area contributed by atoms with E-state index < -0.39 is 5.91 Å². The van der Waals surface area contributed by atoms with Crippen molar-refractivity contribution in [2.24, 2.45) is 0 Å². The maximum Gasteiger partial charge on any atom is 0.266 e. The van der Waals surface area contributed by atoms with Crippen LogP contribution in [0.2, 0.25) is 0 Å². The summed E-state index contributed by atoms with van der Waals surface area (Å²) in [4.78, 5) is 25.1. The summed E-state index contributed by atoms with van der Waals surface area (Å²) in [5, 5.41) is 15.1. The number of halogens is 1. The molecule has 8 heteroatoms. The standard InChI is InChI=1S/C28H26IN3O4/c1-4-35-25-15-20(13-21(16-30)28(34)31-22-11-9-18(2)10-12-22)14-23(29)27(25)36-17-26(33)32-24-8-6-5-7-19(24)3/h5-15H,4,17H2,1-3H3,(H,31,34)(H,32,33)/b21-13-. The Morgan fingerprint density at radius 1 is 1.03 bits per heavy atom. The number of nitrogens with zero attached hydrogens (tertiary/aromatic N) is 1. The zero-order valence-corrected chi connectivity index (χ0v) is 22.4. The van der Waals surface area contributed by atoms with Crippen molar-refractivity contribution in [3.8, 4) is 17.6 Å². The summed E-state index contributed by atoms with van der Waals surface area (Å²) in [5.41, 5.74) is 3.88. The Kier molecular flexibility index (Phi) is 9.47. The lowest BCUT2D eigenvalue weighted by atomic mass is 10.1. The van der Waals surface area contributed by atoms with Gasteiger partial charge in [0.05, 0.1) is 10.2 Å². The molecule has 0 heterocycles. The second-order valence-corrected chi connectivity index (χ2v) is 9.07. The molecule has 3 aromatic carbocycles. The van der Waals surface area contributed by atoms with Crippen LogP contribution in [0.3, 0.4) is 0 Å². The van der Waals surface area contributed by atoms with E-state index in [2.05, 4.69) is 33.2 Å². The third-order valence-corrected chi connectivity index (χ3v) is 5.89. The topological polar surface area (TPSA) is 100 Å². The van der Waals surface area contributed by atoms with Crippen LogP contribution in [0.5, 0.6) is 11.5 Å². The summed E-state index contributed by atoms with van der Waals surface area (Å²) < 4.78 is 12.2. The molecule has 0 aliphatic carbocycles. The summed E-state index contributed by atoms with van der Waals surface area (Å²) in [5.74, 6) is 0.0151. The van der Waals surface area contributed by atoms with Gasteiger partial charge in [0.1, 0.15) is 11.6 Å². The Morgan fingerprint density at radius 2 is 1.75 bits per heavy atom. The molecule has 2 amide bonds. The molecule has 0 saturated carbocycles. The third kappa shape index (κ3) is 7.33. The SMILES string of the molecule is CCOc1cc(/C=C(/C#N)C(=O)Nc2ccc(C)cc2)cc(I)c1OCC(=O)Nc1ccccc1C. The van der Waals surface area contributed by atoms with Gasteiger partial charge in [0.25, 0.3) is 11.8 Å². The fourth-order valence-corrected chi connectivity index (χ4v) is 4.04. The van der Waals surface area contributed by atoms with Crippen molar-refractivity contribution in [2.75, 3.05) is 23.8 Å². The molecule has 0 aliphatic heterocycles. The largest absolute Gasteiger partial charge is 0.490 e. The smallest absolute Gasteiger partial charge is 0.266 e. The molecule has 2 N–H and O–H groups in total. The predicted molar refractivity (Wildman–Crippen MR) is 149 cm³/mol. The van der Waals surface area contributed by atoms with Crippen molar-refractivity contribution in [1.29, 1.82) is 5.26 Å². The number of hydrogen-bond donors (Lipinski definition) is 2. The minimum atomic E-state index is -0.512. The summed E-state index contributed by atoms with van der Waals surface area (Å²) in [6.45, 7) is 5.86. The van der Waals surface area contributed by atoms with E-state index in [9.17, 15) is 14.9 Å². The van der Waals surface area contributed by atoms with Crippen molar-refractivity contribution in [3.05, 3.63) is 86.5 Å². The number of ether oxygens (including phenoxy) is 2. The molecule has 0 spiro atoms. The van der Waals surface area contributed by atoms with Gasteiger partial charge in [-0.1, -0.05) is 35.9 Å². The number of nitriles is 1. The predicted octanol–water partition coefficient (Wildman–Crippen LogP) is 5.87. The number of amides is 2. The number of anilines is 2. The van der Waals surface area contributed by atoms with E-state index in [0.29, 0.717) is 32.9 Å². The zero-order chi connectivity index (χ0) is 26.1. The number of carbonyl (C=O) groups is 2. The highest BCUT2D eigenvalue weighted by Crippen LogP contribution is 2.35. The third-order valence-electron chi connectivity index (χ3n) is 5.08. The van der Waals surface area contributed by atoms with E-state index in [0.717, 1.165) is 16.8 Å². The van der Waals surface area contributed by atoms with Gasteiger partial charge in [0.15, 0.2) is 18.1 Å². The molecular weight excluding hydrogens is 569 g/mol. The molecule has 0 unspecified atom stereocenters. The monoisotopic (exact) mass is 595 g/mol. The van der Waals surface area contributed by atoms with Crippen LogP contribution in [-0.4, -0.2) is 25.0 Å². The maximum atomic E-state index is 12.6. The number of hydrogen-bond acceptors (Lipinski definition) is 5. The number of benzene rings is 3. The molecule has 0 saturated heterocycles.